The van der Waals surface area contributed by atoms with Crippen LogP contribution in [0.15, 0.2) is 36.4 Å². The topological polar surface area (TPSA) is 60.0 Å². The van der Waals surface area contributed by atoms with Crippen LogP contribution in [0.1, 0.15) is 55.8 Å². The Hall–Kier alpha value is -2.28. The van der Waals surface area contributed by atoms with Gasteiger partial charge in [0.05, 0.1) is 12.1 Å². The molecule has 2 aromatic carbocycles. The first-order chi connectivity index (χ1) is 16.1. The lowest BCUT2D eigenvalue weighted by Gasteiger charge is -2.44. The lowest BCUT2D eigenvalue weighted by molar-refractivity contribution is -0.123. The maximum absolute atomic E-state index is 12.4. The molecule has 1 N–H and O–H groups in total. The van der Waals surface area contributed by atoms with Gasteiger partial charge in [-0.25, -0.2) is 0 Å². The number of halogens is 1. The van der Waals surface area contributed by atoms with Gasteiger partial charge in [-0.05, 0) is 55.6 Å². The second kappa shape index (κ2) is 9.16. The van der Waals surface area contributed by atoms with Gasteiger partial charge in [0.15, 0.2) is 11.5 Å². The van der Waals surface area contributed by atoms with E-state index in [4.69, 9.17) is 25.8 Å². The monoisotopic (exact) mass is 470 g/mol. The molecule has 2 heterocycles. The fraction of sp³-hybridized carbons (Fsp3) is 0.500. The second-order valence-corrected chi connectivity index (χ2v) is 9.50. The Kier molecular flexibility index (Phi) is 6.25. The number of nitrogens with one attached hydrogen (secondary N) is 1. The van der Waals surface area contributed by atoms with Crippen molar-refractivity contribution in [3.8, 4) is 11.5 Å². The molecule has 0 radical (unpaired) electrons. The van der Waals surface area contributed by atoms with Gasteiger partial charge in [-0.1, -0.05) is 42.8 Å². The van der Waals surface area contributed by atoms with Crippen LogP contribution in [0, 0.1) is 0 Å². The minimum absolute atomic E-state index is 0.0615. The fourth-order valence-corrected chi connectivity index (χ4v) is 5.92. The van der Waals surface area contributed by atoms with Crippen molar-refractivity contribution < 1.29 is 19.0 Å². The molecular weight excluding hydrogens is 440 g/mol. The van der Waals surface area contributed by atoms with Crippen LogP contribution in [0.3, 0.4) is 0 Å². The zero-order valence-electron chi connectivity index (χ0n) is 19.2. The van der Waals surface area contributed by atoms with Gasteiger partial charge in [0.25, 0.3) is 0 Å². The molecule has 1 amide bonds. The summed E-state index contributed by atoms with van der Waals surface area (Å²) in [5, 5.41) is 3.96. The Bertz CT molecular complexity index is 1030. The second-order valence-electron chi connectivity index (χ2n) is 9.09. The molecule has 6 nitrogen and oxygen atoms in total. The van der Waals surface area contributed by atoms with Gasteiger partial charge in [0, 0.05) is 36.1 Å². The van der Waals surface area contributed by atoms with Crippen molar-refractivity contribution in [2.45, 2.75) is 57.2 Å². The van der Waals surface area contributed by atoms with Crippen LogP contribution in [0.25, 0.3) is 0 Å². The van der Waals surface area contributed by atoms with E-state index in [2.05, 4.69) is 34.5 Å². The molecule has 1 saturated heterocycles. The highest BCUT2D eigenvalue weighted by molar-refractivity contribution is 6.31. The van der Waals surface area contributed by atoms with E-state index in [1.807, 2.05) is 26.0 Å². The van der Waals surface area contributed by atoms with Crippen LogP contribution in [0.5, 0.6) is 11.5 Å². The van der Waals surface area contributed by atoms with Crippen molar-refractivity contribution in [1.82, 2.24) is 10.2 Å². The van der Waals surface area contributed by atoms with Crippen molar-refractivity contribution in [3.05, 3.63) is 58.1 Å². The van der Waals surface area contributed by atoms with E-state index < -0.39 is 0 Å². The number of fused-ring (bicyclic) bond motifs is 3. The van der Waals surface area contributed by atoms with Gasteiger partial charge in [-0.3, -0.25) is 9.69 Å². The smallest absolute Gasteiger partial charge is 0.231 e. The number of amides is 1. The van der Waals surface area contributed by atoms with Crippen LogP contribution in [-0.2, 0) is 21.5 Å². The summed E-state index contributed by atoms with van der Waals surface area (Å²) in [4.78, 5) is 14.8. The lowest BCUT2D eigenvalue weighted by atomic mass is 9.71. The summed E-state index contributed by atoms with van der Waals surface area (Å²) in [6.45, 7) is 7.41. The van der Waals surface area contributed by atoms with E-state index in [0.717, 1.165) is 43.8 Å². The molecule has 1 spiro atoms. The molecule has 2 aliphatic heterocycles. The molecule has 33 heavy (non-hydrogen) atoms. The number of hydrogen-bond donors (Lipinski definition) is 1. The number of piperidine rings is 1. The van der Waals surface area contributed by atoms with Gasteiger partial charge < -0.3 is 19.5 Å². The van der Waals surface area contributed by atoms with Gasteiger partial charge in [0.1, 0.15) is 0 Å². The number of hydrogen-bond acceptors (Lipinski definition) is 5. The quantitative estimate of drug-likeness (QED) is 0.669. The molecule has 1 aliphatic carbocycles. The number of ether oxygens (including phenoxy) is 3. The van der Waals surface area contributed by atoms with Crippen molar-refractivity contribution in [2.75, 3.05) is 26.5 Å². The Morgan fingerprint density at radius 3 is 2.64 bits per heavy atom. The Morgan fingerprint density at radius 2 is 1.91 bits per heavy atom. The molecular formula is C26H31ClN2O4. The van der Waals surface area contributed by atoms with E-state index >= 15 is 0 Å². The van der Waals surface area contributed by atoms with E-state index in [9.17, 15) is 4.79 Å². The van der Waals surface area contributed by atoms with E-state index in [1.165, 1.54) is 11.1 Å². The molecule has 2 atom stereocenters. The van der Waals surface area contributed by atoms with E-state index in [0.29, 0.717) is 23.8 Å². The van der Waals surface area contributed by atoms with Gasteiger partial charge >= 0.3 is 0 Å². The number of rotatable bonds is 6. The van der Waals surface area contributed by atoms with Gasteiger partial charge in [0.2, 0.25) is 12.7 Å². The number of carbonyl (C=O) groups excluding carboxylic acids is 1. The van der Waals surface area contributed by atoms with Crippen LogP contribution in [0.4, 0.5) is 0 Å². The van der Waals surface area contributed by atoms with Gasteiger partial charge in [-0.15, -0.1) is 0 Å². The summed E-state index contributed by atoms with van der Waals surface area (Å²) in [6.07, 6.45) is 2.34. The summed E-state index contributed by atoms with van der Waals surface area (Å²) in [6, 6.07) is 12.3. The van der Waals surface area contributed by atoms with Crippen LogP contribution in [0.2, 0.25) is 5.02 Å². The summed E-state index contributed by atoms with van der Waals surface area (Å²) < 4.78 is 17.4. The predicted octanol–water partition coefficient (Wildman–Crippen LogP) is 4.59. The molecule has 176 valence electrons. The van der Waals surface area contributed by atoms with Gasteiger partial charge in [-0.2, -0.15) is 0 Å². The Morgan fingerprint density at radius 1 is 1.18 bits per heavy atom. The molecule has 0 saturated carbocycles. The van der Waals surface area contributed by atoms with E-state index in [1.54, 1.807) is 0 Å². The third-order valence-corrected chi connectivity index (χ3v) is 7.70. The predicted molar refractivity (Wildman–Crippen MR) is 127 cm³/mol. The highest BCUT2D eigenvalue weighted by Crippen LogP contribution is 2.52. The van der Waals surface area contributed by atoms with E-state index in [-0.39, 0.29) is 30.3 Å². The molecule has 0 aromatic heterocycles. The Balaban J connectivity index is 1.37. The van der Waals surface area contributed by atoms with Crippen molar-refractivity contribution in [1.29, 1.82) is 0 Å². The number of benzene rings is 2. The normalized spacial score (nSPS) is 23.0. The first-order valence-electron chi connectivity index (χ1n) is 11.9. The van der Waals surface area contributed by atoms with Crippen molar-refractivity contribution in [2.24, 2.45) is 0 Å². The van der Waals surface area contributed by atoms with Crippen LogP contribution in [-0.4, -0.2) is 43.4 Å². The molecule has 7 heteroatoms. The summed E-state index contributed by atoms with van der Waals surface area (Å²) in [5.41, 5.74) is 3.47. The highest BCUT2D eigenvalue weighted by atomic mass is 35.5. The Labute approximate surface area is 200 Å². The van der Waals surface area contributed by atoms with Crippen molar-refractivity contribution in [3.63, 3.8) is 0 Å². The van der Waals surface area contributed by atoms with Crippen LogP contribution < -0.4 is 14.8 Å². The first kappa shape index (κ1) is 22.5. The molecule has 3 aliphatic rings. The number of nitrogens with zero attached hydrogens (tertiary/aromatic N) is 1. The summed E-state index contributed by atoms with van der Waals surface area (Å²) in [5.74, 6) is 1.54. The maximum Gasteiger partial charge on any atom is 0.231 e. The SMILES string of the molecule is CCO[C@@H]1[C@@H](NC(=O)CC)c2ccccc2C12CCN(Cc1cc3c(cc1Cl)OCO3)CC2. The first-order valence-corrected chi connectivity index (χ1v) is 12.2. The molecule has 2 aromatic rings. The number of carbonyl (C=O) groups is 1. The highest BCUT2D eigenvalue weighted by Gasteiger charge is 2.54. The minimum Gasteiger partial charge on any atom is -0.454 e. The summed E-state index contributed by atoms with van der Waals surface area (Å²) in [7, 11) is 0. The maximum atomic E-state index is 12.4. The van der Waals surface area contributed by atoms with Crippen molar-refractivity contribution >= 4 is 17.5 Å². The average molecular weight is 471 g/mol. The number of likely N-dealkylation sites (tertiary alicyclic amines) is 1. The van der Waals surface area contributed by atoms with Crippen LogP contribution >= 0.6 is 11.6 Å². The average Bonchev–Trinajstić information content (AvgIpc) is 3.37. The largest absolute Gasteiger partial charge is 0.454 e. The third kappa shape index (κ3) is 3.98. The third-order valence-electron chi connectivity index (χ3n) is 7.35. The molecule has 1 fully saturated rings. The zero-order chi connectivity index (χ0) is 23.0. The molecule has 0 unspecified atom stereocenters. The minimum atomic E-state index is -0.108. The summed E-state index contributed by atoms with van der Waals surface area (Å²) >= 11 is 6.54. The lowest BCUT2D eigenvalue weighted by Crippen LogP contribution is -2.50. The molecule has 5 rings (SSSR count). The molecule has 0 bridgehead atoms. The zero-order valence-corrected chi connectivity index (χ0v) is 20.0. The standard InChI is InChI=1S/C26H31ClN2O4/c1-3-23(30)28-24-18-7-5-6-8-19(18)26(25(24)31-4-2)9-11-29(12-10-26)15-17-13-21-22(14-20(17)27)33-16-32-21/h5-8,13-14,24-25H,3-4,9-12,15-16H2,1-2H3,(H,28,30)/t24-,25+/m0/s1. The fourth-order valence-electron chi connectivity index (χ4n) is 5.71.